The van der Waals surface area contributed by atoms with Gasteiger partial charge in [-0.25, -0.2) is 4.98 Å². The van der Waals surface area contributed by atoms with Gasteiger partial charge in [0.15, 0.2) is 0 Å². The molecule has 0 fully saturated rings. The quantitative estimate of drug-likeness (QED) is 0.731. The number of hydrogen-bond acceptors (Lipinski definition) is 3. The van der Waals surface area contributed by atoms with Crippen molar-refractivity contribution in [3.63, 3.8) is 0 Å². The minimum Gasteiger partial charge on any atom is -0.356 e. The summed E-state index contributed by atoms with van der Waals surface area (Å²) in [6.07, 6.45) is 1.48. The summed E-state index contributed by atoms with van der Waals surface area (Å²) in [5.74, 6) is 1.13. The minimum atomic E-state index is 0.105. The smallest absolute Gasteiger partial charge is 0.221 e. The molecule has 0 aliphatic carbocycles. The fraction of sp³-hybridized carbons (Fsp3) is 0.500. The van der Waals surface area contributed by atoms with Crippen LogP contribution in [0.5, 0.6) is 0 Å². The molecule has 1 aromatic carbocycles. The van der Waals surface area contributed by atoms with E-state index in [1.54, 1.807) is 0 Å². The fourth-order valence-electron chi connectivity index (χ4n) is 2.37. The van der Waals surface area contributed by atoms with Crippen LogP contribution in [0, 0.1) is 0 Å². The first kappa shape index (κ1) is 15.5. The third-order valence-corrected chi connectivity index (χ3v) is 3.43. The van der Waals surface area contributed by atoms with Gasteiger partial charge in [-0.05, 0) is 25.5 Å². The first-order valence-corrected chi connectivity index (χ1v) is 7.67. The van der Waals surface area contributed by atoms with Gasteiger partial charge in [0.05, 0.1) is 17.6 Å². The second kappa shape index (κ2) is 7.78. The second-order valence-corrected chi connectivity index (χ2v) is 5.04. The molecule has 1 heterocycles. The van der Waals surface area contributed by atoms with Crippen LogP contribution in [-0.4, -0.2) is 28.5 Å². The number of nitrogens with zero attached hydrogens (tertiary/aromatic N) is 2. The Hall–Kier alpha value is -1.88. The standard InChI is InChI=1S/C16H24N4O/c1-3-10-18-16(21)9-11-17-12-15-19-13-7-5-6-8-14(13)20(15)4-2/h5-8,17H,3-4,9-12H2,1-2H3,(H,18,21). The number of aromatic nitrogens is 2. The summed E-state index contributed by atoms with van der Waals surface area (Å²) in [6, 6.07) is 8.16. The van der Waals surface area contributed by atoms with Gasteiger partial charge < -0.3 is 15.2 Å². The third kappa shape index (κ3) is 4.04. The van der Waals surface area contributed by atoms with E-state index in [-0.39, 0.29) is 5.91 Å². The number of carbonyl (C=O) groups is 1. The molecule has 21 heavy (non-hydrogen) atoms. The minimum absolute atomic E-state index is 0.105. The van der Waals surface area contributed by atoms with E-state index in [1.165, 1.54) is 0 Å². The maximum Gasteiger partial charge on any atom is 0.221 e. The maximum atomic E-state index is 11.5. The van der Waals surface area contributed by atoms with Crippen LogP contribution in [0.2, 0.25) is 0 Å². The highest BCUT2D eigenvalue weighted by Gasteiger charge is 2.08. The van der Waals surface area contributed by atoms with Crippen molar-refractivity contribution in [3.8, 4) is 0 Å². The number of aryl methyl sites for hydroxylation is 1. The lowest BCUT2D eigenvalue weighted by molar-refractivity contribution is -0.120. The summed E-state index contributed by atoms with van der Waals surface area (Å²) in [6.45, 7) is 7.18. The highest BCUT2D eigenvalue weighted by molar-refractivity contribution is 5.76. The van der Waals surface area contributed by atoms with Crippen LogP contribution in [0.4, 0.5) is 0 Å². The largest absolute Gasteiger partial charge is 0.356 e. The summed E-state index contributed by atoms with van der Waals surface area (Å²) >= 11 is 0. The molecule has 0 aliphatic heterocycles. The molecular weight excluding hydrogens is 264 g/mol. The molecule has 0 saturated carbocycles. The molecule has 2 N–H and O–H groups in total. The topological polar surface area (TPSA) is 59.0 Å². The van der Waals surface area contributed by atoms with Gasteiger partial charge in [0.25, 0.3) is 0 Å². The number of rotatable bonds is 8. The van der Waals surface area contributed by atoms with Crippen LogP contribution in [0.15, 0.2) is 24.3 Å². The van der Waals surface area contributed by atoms with Gasteiger partial charge in [-0.1, -0.05) is 19.1 Å². The van der Waals surface area contributed by atoms with Crippen molar-refractivity contribution in [1.29, 1.82) is 0 Å². The van der Waals surface area contributed by atoms with Crippen molar-refractivity contribution in [2.45, 2.75) is 39.8 Å². The van der Waals surface area contributed by atoms with Crippen LogP contribution >= 0.6 is 0 Å². The highest BCUT2D eigenvalue weighted by Crippen LogP contribution is 2.15. The Balaban J connectivity index is 1.87. The lowest BCUT2D eigenvalue weighted by atomic mass is 10.3. The van der Waals surface area contributed by atoms with E-state index in [1.807, 2.05) is 25.1 Å². The fourth-order valence-corrected chi connectivity index (χ4v) is 2.37. The zero-order valence-corrected chi connectivity index (χ0v) is 12.9. The number of carbonyl (C=O) groups excluding carboxylic acids is 1. The maximum absolute atomic E-state index is 11.5. The number of para-hydroxylation sites is 2. The van der Waals surface area contributed by atoms with Crippen LogP contribution in [0.1, 0.15) is 32.5 Å². The van der Waals surface area contributed by atoms with Gasteiger partial charge in [0.1, 0.15) is 5.82 Å². The van der Waals surface area contributed by atoms with Gasteiger partial charge in [-0.3, -0.25) is 4.79 Å². The van der Waals surface area contributed by atoms with Crippen LogP contribution in [-0.2, 0) is 17.9 Å². The number of fused-ring (bicyclic) bond motifs is 1. The van der Waals surface area contributed by atoms with Crippen LogP contribution in [0.3, 0.4) is 0 Å². The molecule has 0 unspecified atom stereocenters. The number of hydrogen-bond donors (Lipinski definition) is 2. The van der Waals surface area contributed by atoms with Gasteiger partial charge in [0.2, 0.25) is 5.91 Å². The van der Waals surface area contributed by atoms with E-state index in [4.69, 9.17) is 0 Å². The Morgan fingerprint density at radius 2 is 2.05 bits per heavy atom. The molecule has 2 rings (SSSR count). The van der Waals surface area contributed by atoms with Gasteiger partial charge in [0, 0.05) is 26.1 Å². The Labute approximate surface area is 125 Å². The first-order chi connectivity index (χ1) is 10.3. The van der Waals surface area contributed by atoms with Crippen LogP contribution < -0.4 is 10.6 Å². The van der Waals surface area contributed by atoms with Crippen molar-refractivity contribution in [2.75, 3.05) is 13.1 Å². The van der Waals surface area contributed by atoms with Crippen molar-refractivity contribution >= 4 is 16.9 Å². The van der Waals surface area contributed by atoms with Gasteiger partial charge in [-0.15, -0.1) is 0 Å². The Kier molecular flexibility index (Phi) is 5.75. The summed E-state index contributed by atoms with van der Waals surface area (Å²) in [4.78, 5) is 16.2. The summed E-state index contributed by atoms with van der Waals surface area (Å²) in [5.41, 5.74) is 2.19. The third-order valence-electron chi connectivity index (χ3n) is 3.43. The number of benzene rings is 1. The van der Waals surface area contributed by atoms with E-state index in [0.717, 1.165) is 36.4 Å². The van der Waals surface area contributed by atoms with Crippen molar-refractivity contribution in [3.05, 3.63) is 30.1 Å². The average Bonchev–Trinajstić information content (AvgIpc) is 2.86. The molecule has 0 aliphatic rings. The van der Waals surface area contributed by atoms with Gasteiger partial charge >= 0.3 is 0 Å². The number of amides is 1. The number of nitrogens with one attached hydrogen (secondary N) is 2. The normalized spacial score (nSPS) is 11.0. The van der Waals surface area contributed by atoms with Gasteiger partial charge in [-0.2, -0.15) is 0 Å². The van der Waals surface area contributed by atoms with E-state index >= 15 is 0 Å². The van der Waals surface area contributed by atoms with E-state index in [0.29, 0.717) is 19.5 Å². The van der Waals surface area contributed by atoms with E-state index < -0.39 is 0 Å². The molecular formula is C16H24N4O. The van der Waals surface area contributed by atoms with Crippen molar-refractivity contribution < 1.29 is 4.79 Å². The van der Waals surface area contributed by atoms with Crippen molar-refractivity contribution in [2.24, 2.45) is 0 Å². The molecule has 0 atom stereocenters. The molecule has 5 nitrogen and oxygen atoms in total. The number of imidazole rings is 1. The van der Waals surface area contributed by atoms with Crippen LogP contribution in [0.25, 0.3) is 11.0 Å². The molecule has 0 radical (unpaired) electrons. The second-order valence-electron chi connectivity index (χ2n) is 5.04. The molecule has 1 amide bonds. The van der Waals surface area contributed by atoms with E-state index in [9.17, 15) is 4.79 Å². The molecule has 114 valence electrons. The lowest BCUT2D eigenvalue weighted by Gasteiger charge is -2.08. The Morgan fingerprint density at radius 1 is 1.24 bits per heavy atom. The molecule has 2 aromatic rings. The Bertz CT molecular complexity index is 591. The average molecular weight is 288 g/mol. The predicted octanol–water partition coefficient (Wildman–Crippen LogP) is 2.06. The Morgan fingerprint density at radius 3 is 2.81 bits per heavy atom. The summed E-state index contributed by atoms with van der Waals surface area (Å²) in [5, 5.41) is 6.18. The first-order valence-electron chi connectivity index (χ1n) is 7.67. The zero-order chi connectivity index (χ0) is 15.1. The summed E-state index contributed by atoms with van der Waals surface area (Å²) in [7, 11) is 0. The predicted molar refractivity (Wildman–Crippen MR) is 85.0 cm³/mol. The monoisotopic (exact) mass is 288 g/mol. The SMILES string of the molecule is CCCNC(=O)CCNCc1nc2ccccc2n1CC. The zero-order valence-electron chi connectivity index (χ0n) is 12.9. The van der Waals surface area contributed by atoms with E-state index in [2.05, 4.69) is 33.2 Å². The summed E-state index contributed by atoms with van der Waals surface area (Å²) < 4.78 is 2.21. The molecule has 5 heteroatoms. The molecule has 0 bridgehead atoms. The molecule has 0 saturated heterocycles. The highest BCUT2D eigenvalue weighted by atomic mass is 16.1. The molecule has 0 spiro atoms. The molecule has 1 aromatic heterocycles. The van der Waals surface area contributed by atoms with Crippen molar-refractivity contribution in [1.82, 2.24) is 20.2 Å². The lowest BCUT2D eigenvalue weighted by Crippen LogP contribution is -2.28.